The lowest BCUT2D eigenvalue weighted by atomic mass is 10.1. The van der Waals surface area contributed by atoms with Gasteiger partial charge in [-0.1, -0.05) is 0 Å². The van der Waals surface area contributed by atoms with E-state index >= 15 is 0 Å². The first-order valence-corrected chi connectivity index (χ1v) is 5.14. The molecule has 1 heterocycles. The van der Waals surface area contributed by atoms with Gasteiger partial charge in [0.25, 0.3) is 0 Å². The maximum atomic E-state index is 9.48. The van der Waals surface area contributed by atoms with Crippen molar-refractivity contribution < 1.29 is 10.2 Å². The van der Waals surface area contributed by atoms with Crippen LogP contribution in [-0.4, -0.2) is 45.1 Å². The molecular weight excluding hydrogens is 194 g/mol. The van der Waals surface area contributed by atoms with Crippen molar-refractivity contribution in [2.45, 2.75) is 25.5 Å². The number of rotatable bonds is 7. The highest BCUT2D eigenvalue weighted by molar-refractivity contribution is 4.75. The Morgan fingerprint density at radius 2 is 2.33 bits per heavy atom. The zero-order valence-corrected chi connectivity index (χ0v) is 9.06. The highest BCUT2D eigenvalue weighted by Gasteiger charge is 2.17. The van der Waals surface area contributed by atoms with Gasteiger partial charge in [-0.05, 0) is 19.9 Å². The van der Waals surface area contributed by atoms with Crippen LogP contribution >= 0.6 is 0 Å². The van der Waals surface area contributed by atoms with Gasteiger partial charge in [0.2, 0.25) is 0 Å². The number of nitrogens with zero attached hydrogens (tertiary/aromatic N) is 2. The maximum Gasteiger partial charge on any atom is 0.0972 e. The summed E-state index contributed by atoms with van der Waals surface area (Å²) in [7, 11) is 0. The molecule has 1 aromatic heterocycles. The first kappa shape index (κ1) is 12.2. The lowest BCUT2D eigenvalue weighted by Gasteiger charge is -2.20. The van der Waals surface area contributed by atoms with E-state index in [1.54, 1.807) is 19.4 Å². The van der Waals surface area contributed by atoms with Crippen molar-refractivity contribution in [3.63, 3.8) is 0 Å². The summed E-state index contributed by atoms with van der Waals surface area (Å²) in [6.07, 6.45) is 6.43. The van der Waals surface area contributed by atoms with E-state index in [4.69, 9.17) is 5.11 Å². The number of aliphatic hydroxyl groups excluding tert-OH is 1. The Kier molecular flexibility index (Phi) is 4.74. The third-order valence-electron chi connectivity index (χ3n) is 2.18. The first-order chi connectivity index (χ1) is 7.14. The van der Waals surface area contributed by atoms with Crippen LogP contribution < -0.4 is 5.32 Å². The van der Waals surface area contributed by atoms with Gasteiger partial charge in [0.15, 0.2) is 0 Å². The van der Waals surface area contributed by atoms with E-state index in [0.29, 0.717) is 6.54 Å². The Bertz CT molecular complexity index is 260. The fourth-order valence-electron chi connectivity index (χ4n) is 1.22. The first-order valence-electron chi connectivity index (χ1n) is 5.14. The molecule has 0 aliphatic carbocycles. The van der Waals surface area contributed by atoms with Crippen molar-refractivity contribution in [2.24, 2.45) is 0 Å². The SMILES string of the molecule is CC(O)(CO)CNCCCn1ccnc1. The molecule has 3 N–H and O–H groups in total. The fraction of sp³-hybridized carbons (Fsp3) is 0.700. The molecule has 1 aromatic rings. The average Bonchev–Trinajstić information content (AvgIpc) is 2.70. The number of nitrogens with one attached hydrogen (secondary N) is 1. The molecule has 5 nitrogen and oxygen atoms in total. The Balaban J connectivity index is 2.03. The predicted octanol–water partition coefficient (Wildman–Crippen LogP) is -0.394. The standard InChI is InChI=1S/C10H19N3O2/c1-10(15,8-14)7-11-3-2-5-13-6-4-12-9-13/h4,6,9,11,14-15H,2-3,5,7-8H2,1H3. The molecule has 0 saturated carbocycles. The van der Waals surface area contributed by atoms with Gasteiger partial charge in [-0.15, -0.1) is 0 Å². The molecule has 0 aromatic carbocycles. The van der Waals surface area contributed by atoms with Crippen LogP contribution in [0.2, 0.25) is 0 Å². The summed E-state index contributed by atoms with van der Waals surface area (Å²) in [5.41, 5.74) is -1.02. The Labute approximate surface area is 89.8 Å². The highest BCUT2D eigenvalue weighted by atomic mass is 16.3. The van der Waals surface area contributed by atoms with Gasteiger partial charge >= 0.3 is 0 Å². The quantitative estimate of drug-likeness (QED) is 0.539. The van der Waals surface area contributed by atoms with Crippen molar-refractivity contribution >= 4 is 0 Å². The molecule has 0 radical (unpaired) electrons. The molecule has 0 aliphatic heterocycles. The van der Waals surface area contributed by atoms with Crippen LogP contribution in [0, 0.1) is 0 Å². The number of hydrogen-bond acceptors (Lipinski definition) is 4. The van der Waals surface area contributed by atoms with E-state index in [1.807, 2.05) is 10.8 Å². The van der Waals surface area contributed by atoms with Gasteiger partial charge in [0, 0.05) is 25.5 Å². The maximum absolute atomic E-state index is 9.48. The van der Waals surface area contributed by atoms with Gasteiger partial charge in [0.05, 0.1) is 18.5 Å². The second-order valence-electron chi connectivity index (χ2n) is 3.99. The molecule has 1 unspecified atom stereocenters. The summed E-state index contributed by atoms with van der Waals surface area (Å²) in [6.45, 7) is 3.52. The van der Waals surface area contributed by atoms with Gasteiger partial charge in [-0.25, -0.2) is 4.98 Å². The van der Waals surface area contributed by atoms with Crippen LogP contribution in [0.4, 0.5) is 0 Å². The van der Waals surface area contributed by atoms with Crippen LogP contribution in [0.5, 0.6) is 0 Å². The smallest absolute Gasteiger partial charge is 0.0972 e. The van der Waals surface area contributed by atoms with Crippen LogP contribution in [0.1, 0.15) is 13.3 Å². The molecule has 1 rings (SSSR count). The summed E-state index contributed by atoms with van der Waals surface area (Å²) in [5, 5.41) is 21.4. The monoisotopic (exact) mass is 213 g/mol. The van der Waals surface area contributed by atoms with Crippen molar-refractivity contribution in [1.29, 1.82) is 0 Å². The van der Waals surface area contributed by atoms with Gasteiger partial charge < -0.3 is 20.1 Å². The Morgan fingerprint density at radius 3 is 2.93 bits per heavy atom. The van der Waals surface area contributed by atoms with E-state index in [1.165, 1.54) is 0 Å². The zero-order valence-electron chi connectivity index (χ0n) is 9.06. The number of aromatic nitrogens is 2. The molecule has 0 aliphatic rings. The fourth-order valence-corrected chi connectivity index (χ4v) is 1.22. The third kappa shape index (κ3) is 4.92. The highest BCUT2D eigenvalue weighted by Crippen LogP contribution is 1.98. The molecule has 15 heavy (non-hydrogen) atoms. The van der Waals surface area contributed by atoms with E-state index in [9.17, 15) is 5.11 Å². The van der Waals surface area contributed by atoms with Crippen molar-refractivity contribution in [1.82, 2.24) is 14.9 Å². The van der Waals surface area contributed by atoms with Crippen LogP contribution in [-0.2, 0) is 6.54 Å². The van der Waals surface area contributed by atoms with Crippen molar-refractivity contribution in [2.75, 3.05) is 19.7 Å². The second-order valence-corrected chi connectivity index (χ2v) is 3.99. The van der Waals surface area contributed by atoms with Crippen LogP contribution in [0.3, 0.4) is 0 Å². The Hall–Kier alpha value is -0.910. The minimum absolute atomic E-state index is 0.221. The minimum Gasteiger partial charge on any atom is -0.393 e. The number of hydrogen-bond donors (Lipinski definition) is 3. The summed E-state index contributed by atoms with van der Waals surface area (Å²) in [6, 6.07) is 0. The van der Waals surface area contributed by atoms with Crippen molar-refractivity contribution in [3.8, 4) is 0 Å². The summed E-state index contributed by atoms with van der Waals surface area (Å²) in [5.74, 6) is 0. The summed E-state index contributed by atoms with van der Waals surface area (Å²) < 4.78 is 2.01. The molecule has 0 fully saturated rings. The molecule has 5 heteroatoms. The average molecular weight is 213 g/mol. The molecule has 0 spiro atoms. The molecule has 86 valence electrons. The normalized spacial score (nSPS) is 15.1. The second kappa shape index (κ2) is 5.85. The molecule has 0 amide bonds. The molecule has 0 saturated heterocycles. The van der Waals surface area contributed by atoms with E-state index in [2.05, 4.69) is 10.3 Å². The van der Waals surface area contributed by atoms with E-state index in [0.717, 1.165) is 19.5 Å². The largest absolute Gasteiger partial charge is 0.393 e. The van der Waals surface area contributed by atoms with E-state index < -0.39 is 5.60 Å². The van der Waals surface area contributed by atoms with Gasteiger partial charge in [-0.3, -0.25) is 0 Å². The zero-order chi connectivity index (χ0) is 11.1. The number of aryl methyl sites for hydroxylation is 1. The summed E-state index contributed by atoms with van der Waals surface area (Å²) >= 11 is 0. The topological polar surface area (TPSA) is 70.3 Å². The van der Waals surface area contributed by atoms with Crippen molar-refractivity contribution in [3.05, 3.63) is 18.7 Å². The number of imidazole rings is 1. The molecule has 0 bridgehead atoms. The number of aliphatic hydroxyl groups is 2. The van der Waals surface area contributed by atoms with Gasteiger partial charge in [0.1, 0.15) is 0 Å². The van der Waals surface area contributed by atoms with Gasteiger partial charge in [-0.2, -0.15) is 0 Å². The predicted molar refractivity (Wildman–Crippen MR) is 57.4 cm³/mol. The third-order valence-corrected chi connectivity index (χ3v) is 2.18. The molecule has 1 atom stereocenters. The lowest BCUT2D eigenvalue weighted by molar-refractivity contribution is 0.00284. The van der Waals surface area contributed by atoms with Crippen LogP contribution in [0.25, 0.3) is 0 Å². The van der Waals surface area contributed by atoms with E-state index in [-0.39, 0.29) is 6.61 Å². The summed E-state index contributed by atoms with van der Waals surface area (Å²) in [4.78, 5) is 3.94. The lowest BCUT2D eigenvalue weighted by Crippen LogP contribution is -2.41. The van der Waals surface area contributed by atoms with Crippen LogP contribution in [0.15, 0.2) is 18.7 Å². The Morgan fingerprint density at radius 1 is 1.53 bits per heavy atom. The molecular formula is C10H19N3O2. The minimum atomic E-state index is -1.02.